The molecule has 2 aliphatic rings. The molecule has 0 radical (unpaired) electrons. The lowest BCUT2D eigenvalue weighted by molar-refractivity contribution is 0.0696. The van der Waals surface area contributed by atoms with Crippen molar-refractivity contribution in [1.82, 2.24) is 15.2 Å². The number of hydrogen-bond donors (Lipinski definition) is 3. The van der Waals surface area contributed by atoms with Gasteiger partial charge in [-0.25, -0.2) is 4.79 Å². The summed E-state index contributed by atoms with van der Waals surface area (Å²) in [4.78, 5) is 17.2. The third-order valence-corrected chi connectivity index (χ3v) is 7.00. The van der Waals surface area contributed by atoms with Crippen molar-refractivity contribution in [3.8, 4) is 11.5 Å². The second-order valence-corrected chi connectivity index (χ2v) is 9.07. The van der Waals surface area contributed by atoms with Crippen LogP contribution in [0.1, 0.15) is 38.8 Å². The molecule has 0 fully saturated rings. The van der Waals surface area contributed by atoms with Crippen molar-refractivity contribution < 1.29 is 19.4 Å². The van der Waals surface area contributed by atoms with Gasteiger partial charge in [0.1, 0.15) is 0 Å². The summed E-state index contributed by atoms with van der Waals surface area (Å²) in [6.45, 7) is 1.40. The van der Waals surface area contributed by atoms with Crippen molar-refractivity contribution in [2.75, 3.05) is 13.3 Å². The number of hydrogen-bond acceptors (Lipinski definition) is 4. The fourth-order valence-corrected chi connectivity index (χ4v) is 5.25. The van der Waals surface area contributed by atoms with Crippen LogP contribution in [0.2, 0.25) is 0 Å². The summed E-state index contributed by atoms with van der Waals surface area (Å²) in [5.74, 6) is 0.529. The summed E-state index contributed by atoms with van der Waals surface area (Å²) in [5.41, 5.74) is 5.70. The van der Waals surface area contributed by atoms with E-state index in [1.807, 2.05) is 24.3 Å². The number of carbonyl (C=O) groups is 1. The standard InChI is InChI=1S/C27H23N3O4S/c31-26(32)18-5-3-4-16(12-18)14-28-27(35)30-11-10-20-19-6-1-2-7-21(19)29-24(20)25(30)17-8-9-22-23(13-17)34-15-33-22/h1-9,12-13,25,29H,10-11,14-15H2,(H,28,35)(H,31,32). The number of carboxylic acid groups (broad SMARTS) is 1. The van der Waals surface area contributed by atoms with Gasteiger partial charge in [0.05, 0.1) is 11.6 Å². The van der Waals surface area contributed by atoms with Gasteiger partial charge in [-0.05, 0) is 65.7 Å². The Kier molecular flexibility index (Phi) is 5.30. The predicted octanol–water partition coefficient (Wildman–Crippen LogP) is 4.62. The van der Waals surface area contributed by atoms with E-state index in [4.69, 9.17) is 21.7 Å². The molecule has 0 saturated carbocycles. The number of rotatable bonds is 4. The first-order valence-electron chi connectivity index (χ1n) is 11.4. The number of H-pyrrole nitrogens is 1. The summed E-state index contributed by atoms with van der Waals surface area (Å²) < 4.78 is 11.2. The minimum absolute atomic E-state index is 0.133. The third kappa shape index (κ3) is 3.85. The Labute approximate surface area is 207 Å². The molecule has 0 saturated heterocycles. The molecule has 4 aromatic rings. The minimum atomic E-state index is -0.945. The van der Waals surface area contributed by atoms with Gasteiger partial charge >= 0.3 is 5.97 Å². The first-order chi connectivity index (χ1) is 17.1. The van der Waals surface area contributed by atoms with Gasteiger partial charge in [-0.3, -0.25) is 0 Å². The molecule has 1 aromatic heterocycles. The van der Waals surface area contributed by atoms with Crippen LogP contribution in [0, 0.1) is 0 Å². The maximum absolute atomic E-state index is 11.3. The quantitative estimate of drug-likeness (QED) is 0.364. The van der Waals surface area contributed by atoms with E-state index in [-0.39, 0.29) is 18.4 Å². The molecule has 3 heterocycles. The summed E-state index contributed by atoms with van der Waals surface area (Å²) in [5, 5.41) is 14.5. The van der Waals surface area contributed by atoms with E-state index >= 15 is 0 Å². The third-order valence-electron chi connectivity index (χ3n) is 6.63. The van der Waals surface area contributed by atoms with E-state index in [2.05, 4.69) is 39.5 Å². The number of aromatic amines is 1. The fourth-order valence-electron chi connectivity index (χ4n) is 4.98. The normalized spacial score (nSPS) is 16.2. The van der Waals surface area contributed by atoms with Crippen LogP contribution in [-0.4, -0.2) is 39.4 Å². The molecular weight excluding hydrogens is 462 g/mol. The van der Waals surface area contributed by atoms with E-state index in [0.717, 1.165) is 46.8 Å². The second-order valence-electron chi connectivity index (χ2n) is 8.69. The van der Waals surface area contributed by atoms with E-state index in [9.17, 15) is 9.90 Å². The van der Waals surface area contributed by atoms with Gasteiger partial charge in [0.25, 0.3) is 0 Å². The van der Waals surface area contributed by atoms with Crippen LogP contribution in [0.15, 0.2) is 66.7 Å². The number of fused-ring (bicyclic) bond motifs is 4. The average Bonchev–Trinajstić information content (AvgIpc) is 3.50. The first kappa shape index (κ1) is 21.5. The van der Waals surface area contributed by atoms with Crippen LogP contribution >= 0.6 is 12.2 Å². The van der Waals surface area contributed by atoms with Crippen molar-refractivity contribution >= 4 is 34.2 Å². The number of thiocarbonyl (C=S) groups is 1. The SMILES string of the molecule is O=C(O)c1cccc(CNC(=S)N2CCc3c([nH]c4ccccc34)C2c2ccc3c(c2)OCO3)c1. The van der Waals surface area contributed by atoms with Crippen LogP contribution in [0.25, 0.3) is 10.9 Å². The van der Waals surface area contributed by atoms with Gasteiger partial charge in [-0.1, -0.05) is 36.4 Å². The van der Waals surface area contributed by atoms with Crippen molar-refractivity contribution in [1.29, 1.82) is 0 Å². The summed E-state index contributed by atoms with van der Waals surface area (Å²) in [6, 6.07) is 21.1. The highest BCUT2D eigenvalue weighted by atomic mass is 32.1. The van der Waals surface area contributed by atoms with Crippen LogP contribution in [0.3, 0.4) is 0 Å². The fraction of sp³-hybridized carbons (Fsp3) is 0.185. The van der Waals surface area contributed by atoms with Crippen LogP contribution in [0.4, 0.5) is 0 Å². The molecule has 2 aliphatic heterocycles. The van der Waals surface area contributed by atoms with Crippen molar-refractivity contribution in [3.05, 3.63) is 94.7 Å². The molecule has 0 bridgehead atoms. The molecular formula is C27H23N3O4S. The molecule has 0 aliphatic carbocycles. The average molecular weight is 486 g/mol. The number of para-hydroxylation sites is 1. The molecule has 35 heavy (non-hydrogen) atoms. The number of nitrogens with one attached hydrogen (secondary N) is 2. The Morgan fingerprint density at radius 2 is 1.94 bits per heavy atom. The lowest BCUT2D eigenvalue weighted by Gasteiger charge is -2.38. The molecule has 3 N–H and O–H groups in total. The van der Waals surface area contributed by atoms with Gasteiger partial charge in [0.2, 0.25) is 6.79 Å². The smallest absolute Gasteiger partial charge is 0.335 e. The molecule has 1 atom stereocenters. The number of aromatic nitrogens is 1. The summed E-state index contributed by atoms with van der Waals surface area (Å²) >= 11 is 5.87. The molecule has 8 heteroatoms. The Hall–Kier alpha value is -4.04. The molecule has 1 unspecified atom stereocenters. The zero-order valence-corrected chi connectivity index (χ0v) is 19.6. The van der Waals surface area contributed by atoms with Gasteiger partial charge in [-0.2, -0.15) is 0 Å². The van der Waals surface area contributed by atoms with Crippen molar-refractivity contribution in [2.45, 2.75) is 19.0 Å². The minimum Gasteiger partial charge on any atom is -0.478 e. The first-order valence-corrected chi connectivity index (χ1v) is 11.8. The summed E-state index contributed by atoms with van der Waals surface area (Å²) in [6.07, 6.45) is 0.858. The van der Waals surface area contributed by atoms with Gasteiger partial charge < -0.3 is 29.8 Å². The van der Waals surface area contributed by atoms with Gasteiger partial charge in [0.15, 0.2) is 16.6 Å². The Morgan fingerprint density at radius 1 is 1.09 bits per heavy atom. The van der Waals surface area contributed by atoms with Crippen LogP contribution in [-0.2, 0) is 13.0 Å². The highest BCUT2D eigenvalue weighted by Gasteiger charge is 2.34. The maximum atomic E-state index is 11.3. The molecule has 176 valence electrons. The van der Waals surface area contributed by atoms with Gasteiger partial charge in [-0.15, -0.1) is 0 Å². The van der Waals surface area contributed by atoms with E-state index in [1.165, 1.54) is 10.9 Å². The van der Waals surface area contributed by atoms with E-state index in [0.29, 0.717) is 11.7 Å². The van der Waals surface area contributed by atoms with Gasteiger partial charge in [0, 0.05) is 29.7 Å². The Balaban J connectivity index is 1.34. The summed E-state index contributed by atoms with van der Waals surface area (Å²) in [7, 11) is 0. The lowest BCUT2D eigenvalue weighted by Crippen LogP contribution is -2.45. The predicted molar refractivity (Wildman–Crippen MR) is 136 cm³/mol. The zero-order valence-electron chi connectivity index (χ0n) is 18.8. The number of carboxylic acids is 1. The molecule has 0 spiro atoms. The highest BCUT2D eigenvalue weighted by molar-refractivity contribution is 7.80. The monoisotopic (exact) mass is 485 g/mol. The number of ether oxygens (including phenoxy) is 2. The Morgan fingerprint density at radius 3 is 2.83 bits per heavy atom. The zero-order chi connectivity index (χ0) is 23.9. The molecule has 0 amide bonds. The topological polar surface area (TPSA) is 86.8 Å². The van der Waals surface area contributed by atoms with Crippen LogP contribution < -0.4 is 14.8 Å². The van der Waals surface area contributed by atoms with Crippen LogP contribution in [0.5, 0.6) is 11.5 Å². The molecule has 6 rings (SSSR count). The number of nitrogens with zero attached hydrogens (tertiary/aromatic N) is 1. The maximum Gasteiger partial charge on any atom is 0.335 e. The van der Waals surface area contributed by atoms with E-state index in [1.54, 1.807) is 18.2 Å². The molecule has 3 aromatic carbocycles. The van der Waals surface area contributed by atoms with Crippen molar-refractivity contribution in [2.24, 2.45) is 0 Å². The second kappa shape index (κ2) is 8.63. The Bertz CT molecular complexity index is 1460. The lowest BCUT2D eigenvalue weighted by atomic mass is 9.92. The number of aromatic carboxylic acids is 1. The number of benzene rings is 3. The van der Waals surface area contributed by atoms with E-state index < -0.39 is 5.97 Å². The largest absolute Gasteiger partial charge is 0.478 e. The van der Waals surface area contributed by atoms with Crippen molar-refractivity contribution in [3.63, 3.8) is 0 Å². The highest BCUT2D eigenvalue weighted by Crippen LogP contribution is 2.42. The molecule has 7 nitrogen and oxygen atoms in total.